The lowest BCUT2D eigenvalue weighted by atomic mass is 10.4. The number of thiazole rings is 1. The molecule has 1 aromatic rings. The second-order valence-corrected chi connectivity index (χ2v) is 3.99. The molecular weight excluding hydrogens is 170 g/mol. The van der Waals surface area contributed by atoms with E-state index in [0.717, 1.165) is 10.7 Å². The molecule has 66 valence electrons. The van der Waals surface area contributed by atoms with Gasteiger partial charge in [-0.15, -0.1) is 11.3 Å². The molecule has 4 heteroatoms. The van der Waals surface area contributed by atoms with Crippen LogP contribution in [0.5, 0.6) is 0 Å². The van der Waals surface area contributed by atoms with Crippen LogP contribution in [0.1, 0.15) is 22.5 Å². The minimum absolute atomic E-state index is 0.625. The van der Waals surface area contributed by atoms with Crippen LogP contribution in [0.4, 0.5) is 0 Å². The quantitative estimate of drug-likeness (QED) is 0.559. The molecule has 0 fully saturated rings. The molecule has 0 aliphatic rings. The van der Waals surface area contributed by atoms with Crippen LogP contribution in [0.15, 0.2) is 4.99 Å². The van der Waals surface area contributed by atoms with Gasteiger partial charge >= 0.3 is 0 Å². The number of aromatic nitrogens is 1. The first-order valence-corrected chi connectivity index (χ1v) is 4.60. The average Bonchev–Trinajstić information content (AvgIpc) is 2.26. The zero-order valence-electron chi connectivity index (χ0n) is 7.59. The van der Waals surface area contributed by atoms with Crippen molar-refractivity contribution in [3.63, 3.8) is 0 Å². The Labute approximate surface area is 76.4 Å². The Morgan fingerprint density at radius 3 is 2.67 bits per heavy atom. The first-order chi connectivity index (χ1) is 5.59. The molecule has 2 N–H and O–H groups in total. The Bertz CT molecular complexity index is 297. The van der Waals surface area contributed by atoms with Gasteiger partial charge in [-0.2, -0.15) is 0 Å². The largest absolute Gasteiger partial charge is 0.388 e. The SMILES string of the molecule is CC(N)=NCc1sc(C)nc1C. The van der Waals surface area contributed by atoms with Crippen LogP contribution in [0.2, 0.25) is 0 Å². The third kappa shape index (κ3) is 2.30. The highest BCUT2D eigenvalue weighted by Gasteiger charge is 2.02. The summed E-state index contributed by atoms with van der Waals surface area (Å²) in [5, 5.41) is 1.09. The molecule has 1 heterocycles. The first-order valence-electron chi connectivity index (χ1n) is 3.79. The minimum Gasteiger partial charge on any atom is -0.388 e. The van der Waals surface area contributed by atoms with Gasteiger partial charge in [0.25, 0.3) is 0 Å². The predicted octanol–water partition coefficient (Wildman–Crippen LogP) is 1.64. The van der Waals surface area contributed by atoms with Gasteiger partial charge in [-0.1, -0.05) is 0 Å². The van der Waals surface area contributed by atoms with Crippen LogP contribution in [0, 0.1) is 13.8 Å². The highest BCUT2D eigenvalue weighted by Crippen LogP contribution is 2.17. The summed E-state index contributed by atoms with van der Waals surface area (Å²) >= 11 is 1.68. The number of rotatable bonds is 2. The Hall–Kier alpha value is -0.900. The van der Waals surface area contributed by atoms with Gasteiger partial charge in [0.2, 0.25) is 0 Å². The van der Waals surface area contributed by atoms with Gasteiger partial charge in [0.05, 0.1) is 23.1 Å². The number of nitrogens with two attached hydrogens (primary N) is 1. The molecule has 0 bridgehead atoms. The van der Waals surface area contributed by atoms with Gasteiger partial charge < -0.3 is 5.73 Å². The van der Waals surface area contributed by atoms with E-state index in [2.05, 4.69) is 9.98 Å². The molecule has 0 spiro atoms. The maximum absolute atomic E-state index is 5.43. The fraction of sp³-hybridized carbons (Fsp3) is 0.500. The standard InChI is InChI=1S/C8H13N3S/c1-5-8(4-10-6(2)9)12-7(3)11-5/h4H2,1-3H3,(H2,9,10). The summed E-state index contributed by atoms with van der Waals surface area (Å²) in [6.07, 6.45) is 0. The number of aliphatic imine (C=N–C) groups is 1. The lowest BCUT2D eigenvalue weighted by molar-refractivity contribution is 1.05. The molecule has 0 aromatic carbocycles. The molecule has 0 aliphatic carbocycles. The van der Waals surface area contributed by atoms with E-state index >= 15 is 0 Å². The molecule has 1 aromatic heterocycles. The zero-order valence-corrected chi connectivity index (χ0v) is 8.40. The molecule has 0 atom stereocenters. The molecule has 12 heavy (non-hydrogen) atoms. The van der Waals surface area contributed by atoms with Crippen LogP contribution < -0.4 is 5.73 Å². The zero-order chi connectivity index (χ0) is 9.14. The number of hydrogen-bond acceptors (Lipinski definition) is 3. The maximum atomic E-state index is 5.43. The molecule has 3 nitrogen and oxygen atoms in total. The normalized spacial score (nSPS) is 12.1. The lowest BCUT2D eigenvalue weighted by Gasteiger charge is -1.92. The van der Waals surface area contributed by atoms with Gasteiger partial charge in [-0.05, 0) is 20.8 Å². The summed E-state index contributed by atoms with van der Waals surface area (Å²) in [6.45, 7) is 6.46. The molecule has 0 unspecified atom stereocenters. The number of amidine groups is 1. The Morgan fingerprint density at radius 1 is 1.58 bits per heavy atom. The van der Waals surface area contributed by atoms with Crippen molar-refractivity contribution in [2.75, 3.05) is 0 Å². The van der Waals surface area contributed by atoms with E-state index < -0.39 is 0 Å². The van der Waals surface area contributed by atoms with E-state index in [1.165, 1.54) is 4.88 Å². The number of aryl methyl sites for hydroxylation is 2. The van der Waals surface area contributed by atoms with E-state index in [0.29, 0.717) is 12.4 Å². The fourth-order valence-electron chi connectivity index (χ4n) is 0.917. The van der Waals surface area contributed by atoms with Crippen molar-refractivity contribution < 1.29 is 0 Å². The third-order valence-electron chi connectivity index (χ3n) is 1.47. The monoisotopic (exact) mass is 183 g/mol. The van der Waals surface area contributed by atoms with E-state index in [9.17, 15) is 0 Å². The van der Waals surface area contributed by atoms with Crippen molar-refractivity contribution >= 4 is 17.2 Å². The molecular formula is C8H13N3S. The van der Waals surface area contributed by atoms with Crippen LogP contribution >= 0.6 is 11.3 Å². The molecule has 0 radical (unpaired) electrons. The van der Waals surface area contributed by atoms with E-state index in [1.807, 2.05) is 13.8 Å². The summed E-state index contributed by atoms with van der Waals surface area (Å²) in [4.78, 5) is 9.64. The highest BCUT2D eigenvalue weighted by atomic mass is 32.1. The second-order valence-electron chi connectivity index (χ2n) is 2.70. The number of hydrogen-bond donors (Lipinski definition) is 1. The van der Waals surface area contributed by atoms with Crippen molar-refractivity contribution in [2.45, 2.75) is 27.3 Å². The summed E-state index contributed by atoms with van der Waals surface area (Å²) in [6, 6.07) is 0. The van der Waals surface area contributed by atoms with Crippen molar-refractivity contribution in [3.05, 3.63) is 15.6 Å². The molecule has 0 aliphatic heterocycles. The van der Waals surface area contributed by atoms with E-state index in [-0.39, 0.29) is 0 Å². The molecule has 0 amide bonds. The topological polar surface area (TPSA) is 51.3 Å². The predicted molar refractivity (Wildman–Crippen MR) is 52.6 cm³/mol. The Morgan fingerprint density at radius 2 is 2.25 bits per heavy atom. The summed E-state index contributed by atoms with van der Waals surface area (Å²) in [5.74, 6) is 0.625. The first kappa shape index (κ1) is 9.19. The lowest BCUT2D eigenvalue weighted by Crippen LogP contribution is -2.05. The van der Waals surface area contributed by atoms with Gasteiger partial charge in [-0.25, -0.2) is 4.98 Å². The third-order valence-corrected chi connectivity index (χ3v) is 2.53. The summed E-state index contributed by atoms with van der Waals surface area (Å²) in [5.41, 5.74) is 6.50. The van der Waals surface area contributed by atoms with E-state index in [4.69, 9.17) is 5.73 Å². The van der Waals surface area contributed by atoms with Crippen molar-refractivity contribution in [3.8, 4) is 0 Å². The Balaban J connectivity index is 2.75. The maximum Gasteiger partial charge on any atom is 0.0910 e. The summed E-state index contributed by atoms with van der Waals surface area (Å²) < 4.78 is 0. The van der Waals surface area contributed by atoms with Gasteiger partial charge in [0.15, 0.2) is 0 Å². The molecule has 0 saturated heterocycles. The van der Waals surface area contributed by atoms with Gasteiger partial charge in [-0.3, -0.25) is 4.99 Å². The average molecular weight is 183 g/mol. The van der Waals surface area contributed by atoms with Gasteiger partial charge in [0.1, 0.15) is 0 Å². The summed E-state index contributed by atoms with van der Waals surface area (Å²) in [7, 11) is 0. The minimum atomic E-state index is 0.625. The van der Waals surface area contributed by atoms with Crippen LogP contribution in [-0.2, 0) is 6.54 Å². The van der Waals surface area contributed by atoms with Crippen molar-refractivity contribution in [1.29, 1.82) is 0 Å². The molecule has 0 saturated carbocycles. The van der Waals surface area contributed by atoms with Crippen LogP contribution in [0.3, 0.4) is 0 Å². The van der Waals surface area contributed by atoms with Crippen molar-refractivity contribution in [1.82, 2.24) is 4.98 Å². The second kappa shape index (κ2) is 3.67. The van der Waals surface area contributed by atoms with Crippen LogP contribution in [-0.4, -0.2) is 10.8 Å². The van der Waals surface area contributed by atoms with E-state index in [1.54, 1.807) is 18.3 Å². The Kier molecular flexibility index (Phi) is 2.81. The fourth-order valence-corrected chi connectivity index (χ4v) is 1.78. The van der Waals surface area contributed by atoms with Crippen molar-refractivity contribution in [2.24, 2.45) is 10.7 Å². The van der Waals surface area contributed by atoms with Gasteiger partial charge in [0, 0.05) is 4.88 Å². The highest BCUT2D eigenvalue weighted by molar-refractivity contribution is 7.11. The number of nitrogens with zero attached hydrogens (tertiary/aromatic N) is 2. The molecule has 1 rings (SSSR count). The smallest absolute Gasteiger partial charge is 0.0910 e. The van der Waals surface area contributed by atoms with Crippen LogP contribution in [0.25, 0.3) is 0 Å².